The fraction of sp³-hybridized carbons (Fsp3) is 0.833. The SMILES string of the molecule is CN1N=C(C=O)C2(C)CCCC3CNCNI3C12. The van der Waals surface area contributed by atoms with E-state index in [1.807, 2.05) is 7.05 Å². The van der Waals surface area contributed by atoms with Crippen molar-refractivity contribution in [1.29, 1.82) is 0 Å². The number of carbonyl (C=O) groups is 1. The molecule has 0 bridgehead atoms. The number of carbonyl (C=O) groups excluding carboxylic acids is 1. The Kier molecular flexibility index (Phi) is 3.36. The van der Waals surface area contributed by atoms with Gasteiger partial charge < -0.3 is 0 Å². The Hall–Kier alpha value is -0.210. The van der Waals surface area contributed by atoms with Crippen LogP contribution in [0.15, 0.2) is 5.10 Å². The summed E-state index contributed by atoms with van der Waals surface area (Å²) in [6.07, 6.45) is 4.60. The van der Waals surface area contributed by atoms with Gasteiger partial charge in [0.1, 0.15) is 0 Å². The number of aldehydes is 1. The first-order valence-corrected chi connectivity index (χ1v) is 10.1. The number of hydrazone groups is 1. The van der Waals surface area contributed by atoms with Gasteiger partial charge in [-0.25, -0.2) is 0 Å². The predicted octanol–water partition coefficient (Wildman–Crippen LogP) is 0.943. The predicted molar refractivity (Wildman–Crippen MR) is 80.8 cm³/mol. The molecular weight excluding hydrogens is 343 g/mol. The number of nitrogens with one attached hydrogen (secondary N) is 2. The normalized spacial score (nSPS) is 41.8. The van der Waals surface area contributed by atoms with Crippen molar-refractivity contribution in [2.45, 2.75) is 34.2 Å². The molecule has 0 amide bonds. The maximum atomic E-state index is 11.3. The zero-order valence-electron chi connectivity index (χ0n) is 10.9. The number of alkyl halides is 2. The molecule has 0 aliphatic carbocycles. The van der Waals surface area contributed by atoms with E-state index in [2.05, 4.69) is 25.9 Å². The minimum absolute atomic E-state index is 0.0134. The second-order valence-corrected chi connectivity index (χ2v) is 11.2. The topological polar surface area (TPSA) is 56.7 Å². The van der Waals surface area contributed by atoms with Gasteiger partial charge in [0.25, 0.3) is 0 Å². The first-order chi connectivity index (χ1) is 8.66. The molecule has 0 aromatic heterocycles. The molecule has 2 N–H and O–H groups in total. The monoisotopic (exact) mass is 364 g/mol. The van der Waals surface area contributed by atoms with Crippen LogP contribution >= 0.6 is 20.1 Å². The van der Waals surface area contributed by atoms with Crippen LogP contribution in [0.1, 0.15) is 26.2 Å². The van der Waals surface area contributed by atoms with Crippen molar-refractivity contribution in [1.82, 2.24) is 13.9 Å². The van der Waals surface area contributed by atoms with E-state index in [0.717, 1.165) is 35.6 Å². The van der Waals surface area contributed by atoms with Crippen molar-refractivity contribution in [3.8, 4) is 0 Å². The minimum atomic E-state index is -1.33. The van der Waals surface area contributed by atoms with Gasteiger partial charge in [-0.05, 0) is 0 Å². The van der Waals surface area contributed by atoms with Gasteiger partial charge in [-0.1, -0.05) is 0 Å². The zero-order valence-corrected chi connectivity index (χ0v) is 13.1. The Bertz CT molecular complexity index is 388. The van der Waals surface area contributed by atoms with E-state index in [0.29, 0.717) is 4.05 Å². The fourth-order valence-electron chi connectivity index (χ4n) is 3.38. The fourth-order valence-corrected chi connectivity index (χ4v) is 11.1. The molecule has 0 aromatic rings. The molecule has 0 radical (unpaired) electrons. The van der Waals surface area contributed by atoms with Crippen LogP contribution in [-0.2, 0) is 4.79 Å². The van der Waals surface area contributed by atoms with Crippen molar-refractivity contribution < 1.29 is 4.79 Å². The third-order valence-corrected chi connectivity index (χ3v) is 12.0. The van der Waals surface area contributed by atoms with Crippen LogP contribution in [0.5, 0.6) is 0 Å². The molecule has 2 fully saturated rings. The molecule has 3 aliphatic rings. The van der Waals surface area contributed by atoms with Crippen LogP contribution in [-0.4, -0.2) is 45.2 Å². The summed E-state index contributed by atoms with van der Waals surface area (Å²) in [5.41, 5.74) is 0.758. The summed E-state index contributed by atoms with van der Waals surface area (Å²) in [6.45, 7) is 4.32. The summed E-state index contributed by atoms with van der Waals surface area (Å²) >= 11 is -1.33. The van der Waals surface area contributed by atoms with E-state index in [9.17, 15) is 4.79 Å². The molecular formula is C12H21IN4O. The Morgan fingerprint density at radius 1 is 1.61 bits per heavy atom. The first kappa shape index (κ1) is 12.8. The van der Waals surface area contributed by atoms with E-state index in [4.69, 9.17) is 0 Å². The van der Waals surface area contributed by atoms with Crippen LogP contribution in [0.3, 0.4) is 0 Å². The molecule has 3 atom stereocenters. The van der Waals surface area contributed by atoms with Crippen molar-refractivity contribution >= 4 is 32.1 Å². The van der Waals surface area contributed by atoms with Gasteiger partial charge in [0, 0.05) is 0 Å². The summed E-state index contributed by atoms with van der Waals surface area (Å²) in [6, 6.07) is 0. The molecule has 102 valence electrons. The molecule has 0 saturated carbocycles. The van der Waals surface area contributed by atoms with E-state index < -0.39 is 20.1 Å². The number of halogens is 1. The summed E-state index contributed by atoms with van der Waals surface area (Å²) < 4.78 is 5.02. The number of rotatable bonds is 1. The van der Waals surface area contributed by atoms with Gasteiger partial charge >= 0.3 is 116 Å². The average Bonchev–Trinajstić information content (AvgIpc) is 2.53. The van der Waals surface area contributed by atoms with Crippen molar-refractivity contribution in [2.75, 3.05) is 20.3 Å². The molecule has 0 spiro atoms. The van der Waals surface area contributed by atoms with Gasteiger partial charge in [-0.15, -0.1) is 0 Å². The summed E-state index contributed by atoms with van der Waals surface area (Å²) in [5.74, 6) is 0. The van der Waals surface area contributed by atoms with Crippen molar-refractivity contribution in [3.63, 3.8) is 0 Å². The van der Waals surface area contributed by atoms with E-state index in [-0.39, 0.29) is 5.41 Å². The van der Waals surface area contributed by atoms with Gasteiger partial charge in [-0.3, -0.25) is 0 Å². The van der Waals surface area contributed by atoms with Gasteiger partial charge in [0.2, 0.25) is 0 Å². The van der Waals surface area contributed by atoms with Crippen molar-refractivity contribution in [3.05, 3.63) is 0 Å². The van der Waals surface area contributed by atoms with Gasteiger partial charge in [0.05, 0.1) is 0 Å². The number of fused-ring (bicyclic) bond motifs is 3. The molecule has 18 heavy (non-hydrogen) atoms. The van der Waals surface area contributed by atoms with Crippen LogP contribution in [0.4, 0.5) is 0 Å². The van der Waals surface area contributed by atoms with Crippen LogP contribution < -0.4 is 8.85 Å². The van der Waals surface area contributed by atoms with E-state index >= 15 is 0 Å². The molecule has 3 heterocycles. The number of hydrogen-bond acceptors (Lipinski definition) is 5. The zero-order chi connectivity index (χ0) is 12.8. The quantitative estimate of drug-likeness (QED) is 0.239. The second-order valence-electron chi connectivity index (χ2n) is 5.53. The van der Waals surface area contributed by atoms with Crippen molar-refractivity contribution in [2.24, 2.45) is 10.5 Å². The number of nitrogens with zero attached hydrogens (tertiary/aromatic N) is 2. The molecule has 5 nitrogen and oxygen atoms in total. The Labute approximate surface area is 115 Å². The van der Waals surface area contributed by atoms with E-state index in [1.54, 1.807) is 0 Å². The van der Waals surface area contributed by atoms with Gasteiger partial charge in [-0.2, -0.15) is 0 Å². The molecule has 3 aliphatic heterocycles. The summed E-state index contributed by atoms with van der Waals surface area (Å²) in [5, 5.41) is 10.1. The van der Waals surface area contributed by atoms with Crippen LogP contribution in [0, 0.1) is 5.41 Å². The third kappa shape index (κ3) is 1.80. The molecule has 0 aromatic carbocycles. The Morgan fingerprint density at radius 3 is 3.22 bits per heavy atom. The number of hydrogen-bond donors (Lipinski definition) is 2. The third-order valence-electron chi connectivity index (χ3n) is 4.30. The molecule has 6 heteroatoms. The molecule has 2 saturated heterocycles. The van der Waals surface area contributed by atoms with Crippen LogP contribution in [0.2, 0.25) is 0 Å². The van der Waals surface area contributed by atoms with E-state index in [1.165, 1.54) is 12.8 Å². The standard InChI is InChI=1S/C12H21IN4O/c1-12-5-3-4-9-6-14-8-15-13(9)11(12)17(2)16-10(12)7-18/h7,9,11,14-15H,3-6,8H2,1-2H3. The van der Waals surface area contributed by atoms with Gasteiger partial charge in [0.15, 0.2) is 0 Å². The van der Waals surface area contributed by atoms with Crippen LogP contribution in [0.25, 0.3) is 0 Å². The first-order valence-electron chi connectivity index (χ1n) is 6.55. The average molecular weight is 364 g/mol. The Morgan fingerprint density at radius 2 is 2.44 bits per heavy atom. The molecule has 3 unspecified atom stereocenters. The molecule has 3 rings (SSSR count). The second kappa shape index (κ2) is 4.72. The summed E-state index contributed by atoms with van der Waals surface area (Å²) in [4.78, 5) is 11.3. The Balaban J connectivity index is 1.97. The maximum absolute atomic E-state index is 11.3. The summed E-state index contributed by atoms with van der Waals surface area (Å²) in [7, 11) is 2.04.